The third kappa shape index (κ3) is 2.80. The van der Waals surface area contributed by atoms with Crippen LogP contribution in [0.15, 0.2) is 37.1 Å². The van der Waals surface area contributed by atoms with E-state index in [-0.39, 0.29) is 18.3 Å². The summed E-state index contributed by atoms with van der Waals surface area (Å²) < 4.78 is 3.34. The van der Waals surface area contributed by atoms with E-state index in [9.17, 15) is 4.79 Å². The standard InChI is InChI=1S/C14H13N7O.ClH/c22-14-12-7-11(19-20(12)5-1-3-17-14)10-2-4-16-13(6-10)21-9-15-8-18-21;/h2,4,6-9H,1,3,5H2,(H,17,22);1H. The molecule has 4 heterocycles. The zero-order valence-corrected chi connectivity index (χ0v) is 12.9. The number of nitrogens with zero attached hydrogens (tertiary/aromatic N) is 6. The molecule has 0 bridgehead atoms. The molecule has 9 heteroatoms. The molecule has 0 radical (unpaired) electrons. The second kappa shape index (κ2) is 6.17. The summed E-state index contributed by atoms with van der Waals surface area (Å²) in [5.74, 6) is 0.574. The Bertz CT molecular complexity index is 828. The van der Waals surface area contributed by atoms with Gasteiger partial charge in [0.1, 0.15) is 18.3 Å². The zero-order chi connectivity index (χ0) is 14.9. The summed E-state index contributed by atoms with van der Waals surface area (Å²) in [6, 6.07) is 5.54. The highest BCUT2D eigenvalue weighted by Crippen LogP contribution is 2.21. The van der Waals surface area contributed by atoms with Gasteiger partial charge in [-0.3, -0.25) is 9.48 Å². The van der Waals surface area contributed by atoms with E-state index in [1.165, 1.54) is 6.33 Å². The Labute approximate surface area is 138 Å². The Hall–Kier alpha value is -2.74. The molecule has 0 spiro atoms. The summed E-state index contributed by atoms with van der Waals surface area (Å²) in [4.78, 5) is 20.2. The molecule has 23 heavy (non-hydrogen) atoms. The molecule has 1 aliphatic rings. The molecule has 1 N–H and O–H groups in total. The molecule has 1 amide bonds. The Morgan fingerprint density at radius 3 is 3.00 bits per heavy atom. The van der Waals surface area contributed by atoms with Gasteiger partial charge >= 0.3 is 0 Å². The maximum Gasteiger partial charge on any atom is 0.269 e. The summed E-state index contributed by atoms with van der Waals surface area (Å²) >= 11 is 0. The van der Waals surface area contributed by atoms with Crippen molar-refractivity contribution in [2.45, 2.75) is 13.0 Å². The smallest absolute Gasteiger partial charge is 0.269 e. The predicted octanol–water partition coefficient (Wildman–Crippen LogP) is 1.08. The highest BCUT2D eigenvalue weighted by atomic mass is 35.5. The first kappa shape index (κ1) is 15.2. The third-order valence-corrected chi connectivity index (χ3v) is 3.54. The van der Waals surface area contributed by atoms with E-state index in [1.54, 1.807) is 28.0 Å². The number of carbonyl (C=O) groups excluding carboxylic acids is 1. The minimum Gasteiger partial charge on any atom is -0.351 e. The lowest BCUT2D eigenvalue weighted by atomic mass is 10.2. The number of rotatable bonds is 2. The first-order valence-electron chi connectivity index (χ1n) is 6.99. The van der Waals surface area contributed by atoms with E-state index in [2.05, 4.69) is 25.5 Å². The Kier molecular flexibility index (Phi) is 4.07. The molecule has 0 saturated carbocycles. The molecule has 0 unspecified atom stereocenters. The summed E-state index contributed by atoms with van der Waals surface area (Å²) in [6.07, 6.45) is 5.61. The van der Waals surface area contributed by atoms with Gasteiger partial charge in [-0.2, -0.15) is 10.2 Å². The molecule has 3 aromatic rings. The van der Waals surface area contributed by atoms with E-state index in [0.29, 0.717) is 18.1 Å². The lowest BCUT2D eigenvalue weighted by Crippen LogP contribution is -2.22. The summed E-state index contributed by atoms with van der Waals surface area (Å²) in [5, 5.41) is 11.5. The van der Waals surface area contributed by atoms with Gasteiger partial charge in [-0.15, -0.1) is 12.4 Å². The van der Waals surface area contributed by atoms with Gasteiger partial charge in [-0.1, -0.05) is 0 Å². The molecule has 0 atom stereocenters. The van der Waals surface area contributed by atoms with Crippen LogP contribution in [-0.4, -0.2) is 42.0 Å². The highest BCUT2D eigenvalue weighted by molar-refractivity contribution is 5.93. The number of hydrogen-bond acceptors (Lipinski definition) is 5. The molecule has 0 aromatic carbocycles. The van der Waals surface area contributed by atoms with Crippen molar-refractivity contribution >= 4 is 18.3 Å². The lowest BCUT2D eigenvalue weighted by Gasteiger charge is -2.02. The fraction of sp³-hybridized carbons (Fsp3) is 0.214. The highest BCUT2D eigenvalue weighted by Gasteiger charge is 2.18. The molecule has 0 fully saturated rings. The van der Waals surface area contributed by atoms with Crippen LogP contribution in [0.1, 0.15) is 16.9 Å². The monoisotopic (exact) mass is 331 g/mol. The number of fused-ring (bicyclic) bond motifs is 1. The van der Waals surface area contributed by atoms with E-state index in [1.807, 2.05) is 12.1 Å². The van der Waals surface area contributed by atoms with Crippen LogP contribution in [0.2, 0.25) is 0 Å². The molecule has 4 rings (SSSR count). The van der Waals surface area contributed by atoms with Gasteiger partial charge in [0.15, 0.2) is 5.82 Å². The van der Waals surface area contributed by atoms with E-state index < -0.39 is 0 Å². The summed E-state index contributed by atoms with van der Waals surface area (Å²) in [7, 11) is 0. The maximum atomic E-state index is 12.0. The van der Waals surface area contributed by atoms with Crippen LogP contribution in [-0.2, 0) is 6.54 Å². The van der Waals surface area contributed by atoms with Crippen molar-refractivity contribution in [1.29, 1.82) is 0 Å². The number of aryl methyl sites for hydroxylation is 1. The van der Waals surface area contributed by atoms with Crippen LogP contribution in [0.4, 0.5) is 0 Å². The molecule has 8 nitrogen and oxygen atoms in total. The normalized spacial score (nSPS) is 13.7. The second-order valence-corrected chi connectivity index (χ2v) is 4.99. The van der Waals surface area contributed by atoms with Crippen molar-refractivity contribution in [1.82, 2.24) is 34.8 Å². The molecule has 0 aliphatic carbocycles. The first-order chi connectivity index (χ1) is 10.8. The van der Waals surface area contributed by atoms with Crippen LogP contribution >= 0.6 is 12.4 Å². The number of amides is 1. The maximum absolute atomic E-state index is 12.0. The van der Waals surface area contributed by atoms with Crippen LogP contribution in [0, 0.1) is 0 Å². The fourth-order valence-electron chi connectivity index (χ4n) is 2.46. The lowest BCUT2D eigenvalue weighted by molar-refractivity contribution is 0.0950. The van der Waals surface area contributed by atoms with Crippen molar-refractivity contribution in [3.8, 4) is 17.1 Å². The van der Waals surface area contributed by atoms with Crippen molar-refractivity contribution in [3.63, 3.8) is 0 Å². The third-order valence-electron chi connectivity index (χ3n) is 3.54. The van der Waals surface area contributed by atoms with Gasteiger partial charge in [0.2, 0.25) is 0 Å². The minimum absolute atomic E-state index is 0. The molecule has 3 aromatic heterocycles. The van der Waals surface area contributed by atoms with Crippen molar-refractivity contribution in [2.24, 2.45) is 0 Å². The van der Waals surface area contributed by atoms with Crippen molar-refractivity contribution < 1.29 is 4.79 Å². The van der Waals surface area contributed by atoms with E-state index in [0.717, 1.165) is 24.2 Å². The zero-order valence-electron chi connectivity index (χ0n) is 12.1. The average molecular weight is 332 g/mol. The van der Waals surface area contributed by atoms with Crippen molar-refractivity contribution in [3.05, 3.63) is 42.7 Å². The fourth-order valence-corrected chi connectivity index (χ4v) is 2.46. The molecule has 118 valence electrons. The quantitative estimate of drug-likeness (QED) is 0.759. The summed E-state index contributed by atoms with van der Waals surface area (Å²) in [6.45, 7) is 1.42. The van der Waals surface area contributed by atoms with Crippen LogP contribution in [0.25, 0.3) is 17.1 Å². The Balaban J connectivity index is 0.00000156. The summed E-state index contributed by atoms with van der Waals surface area (Å²) in [5.41, 5.74) is 2.22. The van der Waals surface area contributed by atoms with Gasteiger partial charge in [-0.05, 0) is 24.6 Å². The SMILES string of the molecule is Cl.O=C1NCCCn2nc(-c3ccnc(-n4cncn4)c3)cc21. The number of halogens is 1. The molecule has 1 aliphatic heterocycles. The average Bonchev–Trinajstić information content (AvgIpc) is 3.19. The minimum atomic E-state index is -0.0817. The predicted molar refractivity (Wildman–Crippen MR) is 84.6 cm³/mol. The molecular formula is C14H14ClN7O. The Morgan fingerprint density at radius 2 is 2.17 bits per heavy atom. The second-order valence-electron chi connectivity index (χ2n) is 4.99. The van der Waals surface area contributed by atoms with Gasteiger partial charge in [0.05, 0.1) is 5.69 Å². The largest absolute Gasteiger partial charge is 0.351 e. The topological polar surface area (TPSA) is 90.5 Å². The molecular weight excluding hydrogens is 318 g/mol. The van der Waals surface area contributed by atoms with Crippen LogP contribution in [0.3, 0.4) is 0 Å². The number of hydrogen-bond donors (Lipinski definition) is 1. The van der Waals surface area contributed by atoms with Gasteiger partial charge in [-0.25, -0.2) is 14.6 Å². The van der Waals surface area contributed by atoms with E-state index in [4.69, 9.17) is 0 Å². The van der Waals surface area contributed by atoms with Gasteiger partial charge in [0.25, 0.3) is 5.91 Å². The number of aromatic nitrogens is 6. The molecule has 0 saturated heterocycles. The van der Waals surface area contributed by atoms with Crippen LogP contribution < -0.4 is 5.32 Å². The Morgan fingerprint density at radius 1 is 1.26 bits per heavy atom. The van der Waals surface area contributed by atoms with Gasteiger partial charge in [0, 0.05) is 24.8 Å². The van der Waals surface area contributed by atoms with Gasteiger partial charge < -0.3 is 5.32 Å². The van der Waals surface area contributed by atoms with Crippen LogP contribution in [0.5, 0.6) is 0 Å². The number of nitrogens with one attached hydrogen (secondary N) is 1. The number of pyridine rings is 1. The van der Waals surface area contributed by atoms with Crippen molar-refractivity contribution in [2.75, 3.05) is 6.54 Å². The first-order valence-corrected chi connectivity index (χ1v) is 6.99. The number of carbonyl (C=O) groups is 1. The van der Waals surface area contributed by atoms with E-state index >= 15 is 0 Å².